The molecule has 6 nitrogen and oxygen atoms in total. The summed E-state index contributed by atoms with van der Waals surface area (Å²) in [4.78, 5) is 29.6. The highest BCUT2D eigenvalue weighted by molar-refractivity contribution is 7.18. The summed E-state index contributed by atoms with van der Waals surface area (Å²) in [7, 11) is 1.31. The van der Waals surface area contributed by atoms with Gasteiger partial charge in [-0.2, -0.15) is 0 Å². The van der Waals surface area contributed by atoms with Crippen LogP contribution in [-0.2, 0) is 16.0 Å². The number of aromatic nitrogens is 2. The Morgan fingerprint density at radius 2 is 2.00 bits per heavy atom. The van der Waals surface area contributed by atoms with Gasteiger partial charge in [-0.1, -0.05) is 0 Å². The summed E-state index contributed by atoms with van der Waals surface area (Å²) in [6.07, 6.45) is 1.99. The van der Waals surface area contributed by atoms with Crippen molar-refractivity contribution < 1.29 is 18.7 Å². The van der Waals surface area contributed by atoms with Crippen LogP contribution in [0.15, 0.2) is 48.0 Å². The van der Waals surface area contributed by atoms with Crippen LogP contribution in [-0.4, -0.2) is 28.4 Å². The van der Waals surface area contributed by atoms with Crippen LogP contribution < -0.4 is 5.32 Å². The fraction of sp³-hybridized carbons (Fsp3) is 0.105. The van der Waals surface area contributed by atoms with Crippen molar-refractivity contribution in [3.8, 4) is 11.3 Å². The zero-order valence-corrected chi connectivity index (χ0v) is 16.3. The molecule has 0 aliphatic heterocycles. The van der Waals surface area contributed by atoms with Crippen molar-refractivity contribution in [2.45, 2.75) is 6.42 Å². The average Bonchev–Trinajstić information content (AvgIpc) is 3.39. The Bertz CT molecular complexity index is 1160. The second kappa shape index (κ2) is 7.53. The Hall–Kier alpha value is -3.04. The molecule has 3 heterocycles. The molecule has 0 aliphatic carbocycles. The molecule has 28 heavy (non-hydrogen) atoms. The van der Waals surface area contributed by atoms with Gasteiger partial charge in [-0.05, 0) is 36.4 Å². The normalized spacial score (nSPS) is 10.9. The number of nitrogens with one attached hydrogen (secondary N) is 1. The molecule has 0 saturated carbocycles. The number of benzene rings is 1. The van der Waals surface area contributed by atoms with Crippen molar-refractivity contribution in [3.05, 3.63) is 64.4 Å². The van der Waals surface area contributed by atoms with Crippen LogP contribution in [0.3, 0.4) is 0 Å². The number of anilines is 1. The van der Waals surface area contributed by atoms with Gasteiger partial charge in [0, 0.05) is 22.8 Å². The number of hydrogen-bond donors (Lipinski definition) is 1. The molecule has 3 aromatic heterocycles. The third kappa shape index (κ3) is 3.67. The minimum atomic E-state index is -0.434. The summed E-state index contributed by atoms with van der Waals surface area (Å²) in [6.45, 7) is 0. The zero-order valence-electron chi connectivity index (χ0n) is 14.6. The summed E-state index contributed by atoms with van der Waals surface area (Å²) >= 11 is 2.59. The van der Waals surface area contributed by atoms with Crippen molar-refractivity contribution in [2.24, 2.45) is 0 Å². The molecule has 1 amide bonds. The van der Waals surface area contributed by atoms with Crippen LogP contribution in [0.4, 0.5) is 9.39 Å². The van der Waals surface area contributed by atoms with E-state index in [2.05, 4.69) is 15.0 Å². The number of nitrogens with zero attached hydrogens (tertiary/aromatic N) is 2. The van der Waals surface area contributed by atoms with Crippen molar-refractivity contribution in [1.82, 2.24) is 9.38 Å². The Balaban J connectivity index is 1.50. The number of amides is 1. The van der Waals surface area contributed by atoms with Crippen molar-refractivity contribution in [1.29, 1.82) is 0 Å². The molecule has 0 radical (unpaired) electrons. The minimum absolute atomic E-state index is 0.157. The van der Waals surface area contributed by atoms with Crippen LogP contribution in [0, 0.1) is 5.82 Å². The van der Waals surface area contributed by atoms with E-state index in [0.29, 0.717) is 9.88 Å². The number of imidazole rings is 1. The fourth-order valence-corrected chi connectivity index (χ4v) is 4.39. The first-order valence-electron chi connectivity index (χ1n) is 8.23. The topological polar surface area (TPSA) is 72.7 Å². The Morgan fingerprint density at radius 3 is 2.75 bits per heavy atom. The third-order valence-electron chi connectivity index (χ3n) is 4.02. The van der Waals surface area contributed by atoms with Gasteiger partial charge in [-0.15, -0.1) is 22.7 Å². The molecular formula is C19H14FN3O3S2. The molecule has 0 unspecified atom stereocenters. The average molecular weight is 415 g/mol. The second-order valence-corrected chi connectivity index (χ2v) is 7.81. The minimum Gasteiger partial charge on any atom is -0.465 e. The summed E-state index contributed by atoms with van der Waals surface area (Å²) < 4.78 is 19.6. The first-order valence-corrected chi connectivity index (χ1v) is 9.92. The van der Waals surface area contributed by atoms with Gasteiger partial charge in [0.25, 0.3) is 0 Å². The van der Waals surface area contributed by atoms with Crippen LogP contribution in [0.1, 0.15) is 15.4 Å². The lowest BCUT2D eigenvalue weighted by atomic mass is 10.2. The first-order chi connectivity index (χ1) is 13.5. The molecule has 4 rings (SSSR count). The van der Waals surface area contributed by atoms with Gasteiger partial charge >= 0.3 is 5.97 Å². The molecule has 0 spiro atoms. The quantitative estimate of drug-likeness (QED) is 0.495. The van der Waals surface area contributed by atoms with Gasteiger partial charge in [-0.3, -0.25) is 9.20 Å². The van der Waals surface area contributed by atoms with E-state index in [0.717, 1.165) is 33.2 Å². The highest BCUT2D eigenvalue weighted by Gasteiger charge is 2.15. The molecule has 0 aliphatic rings. The molecule has 4 aromatic rings. The molecule has 0 atom stereocenters. The summed E-state index contributed by atoms with van der Waals surface area (Å²) in [5.74, 6) is -0.933. The van der Waals surface area contributed by atoms with Crippen LogP contribution in [0.5, 0.6) is 0 Å². The summed E-state index contributed by atoms with van der Waals surface area (Å²) in [6, 6.07) is 9.40. The number of halogens is 1. The number of thiazole rings is 1. The van der Waals surface area contributed by atoms with E-state index in [-0.39, 0.29) is 18.1 Å². The SMILES string of the molecule is COC(=O)c1ccc(NC(=O)Cc2csc3nc(-c4ccc(F)cc4)cn23)s1. The number of carbonyl (C=O) groups excluding carboxylic acids is 2. The Kier molecular flexibility index (Phi) is 4.93. The highest BCUT2D eigenvalue weighted by atomic mass is 32.1. The molecule has 1 N–H and O–H groups in total. The number of fused-ring (bicyclic) bond motifs is 1. The van der Waals surface area contributed by atoms with Crippen molar-refractivity contribution in [2.75, 3.05) is 12.4 Å². The Morgan fingerprint density at radius 1 is 1.21 bits per heavy atom. The van der Waals surface area contributed by atoms with Crippen LogP contribution in [0.2, 0.25) is 0 Å². The zero-order chi connectivity index (χ0) is 19.7. The predicted molar refractivity (Wildman–Crippen MR) is 106 cm³/mol. The number of thiophene rings is 1. The standard InChI is InChI=1S/C19H14FN3O3S2/c1-26-18(25)15-6-7-17(28-15)22-16(24)8-13-10-27-19-21-14(9-23(13)19)11-2-4-12(20)5-3-11/h2-7,9-10H,8H2,1H3,(H,22,24). The monoisotopic (exact) mass is 415 g/mol. The molecule has 0 saturated heterocycles. The van der Waals surface area contributed by atoms with Gasteiger partial charge in [0.05, 0.1) is 24.2 Å². The molecule has 142 valence electrons. The number of rotatable bonds is 5. The smallest absolute Gasteiger partial charge is 0.348 e. The third-order valence-corrected chi connectivity index (χ3v) is 5.89. The number of hydrogen-bond acceptors (Lipinski definition) is 6. The maximum absolute atomic E-state index is 13.1. The van der Waals surface area contributed by atoms with E-state index in [1.165, 1.54) is 30.6 Å². The predicted octanol–water partition coefficient (Wildman–Crippen LogP) is 4.23. The maximum Gasteiger partial charge on any atom is 0.348 e. The molecule has 0 fully saturated rings. The number of esters is 1. The lowest BCUT2D eigenvalue weighted by Crippen LogP contribution is -2.14. The number of carbonyl (C=O) groups is 2. The first kappa shape index (κ1) is 18.3. The number of ether oxygens (including phenoxy) is 1. The number of methoxy groups -OCH3 is 1. The van der Waals surface area contributed by atoms with Gasteiger partial charge in [0.1, 0.15) is 10.7 Å². The van der Waals surface area contributed by atoms with E-state index < -0.39 is 5.97 Å². The largest absolute Gasteiger partial charge is 0.465 e. The van der Waals surface area contributed by atoms with Crippen molar-refractivity contribution >= 4 is 44.5 Å². The summed E-state index contributed by atoms with van der Waals surface area (Å²) in [5, 5.41) is 5.25. The Labute approximate surface area is 167 Å². The van der Waals surface area contributed by atoms with E-state index in [9.17, 15) is 14.0 Å². The van der Waals surface area contributed by atoms with Gasteiger partial charge in [0.2, 0.25) is 5.91 Å². The fourth-order valence-electron chi connectivity index (χ4n) is 2.68. The van der Waals surface area contributed by atoms with Gasteiger partial charge < -0.3 is 10.1 Å². The lowest BCUT2D eigenvalue weighted by Gasteiger charge is -2.02. The van der Waals surface area contributed by atoms with Crippen LogP contribution in [0.25, 0.3) is 16.2 Å². The van der Waals surface area contributed by atoms with Crippen molar-refractivity contribution in [3.63, 3.8) is 0 Å². The second-order valence-electron chi connectivity index (χ2n) is 5.89. The van der Waals surface area contributed by atoms with E-state index in [1.54, 1.807) is 24.3 Å². The van der Waals surface area contributed by atoms with E-state index >= 15 is 0 Å². The molecule has 0 bridgehead atoms. The van der Waals surface area contributed by atoms with Crippen LogP contribution >= 0.6 is 22.7 Å². The van der Waals surface area contributed by atoms with Gasteiger partial charge in [0.15, 0.2) is 4.96 Å². The lowest BCUT2D eigenvalue weighted by molar-refractivity contribution is -0.115. The molecule has 9 heteroatoms. The maximum atomic E-state index is 13.1. The van der Waals surface area contributed by atoms with E-state index in [1.807, 2.05) is 16.0 Å². The van der Waals surface area contributed by atoms with Gasteiger partial charge in [-0.25, -0.2) is 14.2 Å². The van der Waals surface area contributed by atoms with E-state index in [4.69, 9.17) is 0 Å². The molecule has 1 aromatic carbocycles. The molecular weight excluding hydrogens is 401 g/mol. The highest BCUT2D eigenvalue weighted by Crippen LogP contribution is 2.25. The summed E-state index contributed by atoms with van der Waals surface area (Å²) in [5.41, 5.74) is 2.32.